The SMILES string of the molecule is C[C@H](NC(=O)c1cc(I)cc(C(F)(F)F)c1)c1ncnn1-c1ccc(I)cn1. The molecule has 6 nitrogen and oxygen atoms in total. The highest BCUT2D eigenvalue weighted by Crippen LogP contribution is 2.31. The topological polar surface area (TPSA) is 72.7 Å². The predicted molar refractivity (Wildman–Crippen MR) is 112 cm³/mol. The zero-order chi connectivity index (χ0) is 20.5. The van der Waals surface area contributed by atoms with Crippen molar-refractivity contribution < 1.29 is 18.0 Å². The third-order valence-electron chi connectivity index (χ3n) is 3.73. The summed E-state index contributed by atoms with van der Waals surface area (Å²) in [6, 6.07) is 6.20. The summed E-state index contributed by atoms with van der Waals surface area (Å²) < 4.78 is 41.7. The second-order valence-electron chi connectivity index (χ2n) is 5.79. The number of hydrogen-bond acceptors (Lipinski definition) is 4. The minimum Gasteiger partial charge on any atom is -0.342 e. The number of pyridine rings is 1. The van der Waals surface area contributed by atoms with Crippen molar-refractivity contribution in [3.8, 4) is 5.82 Å². The molecule has 0 unspecified atom stereocenters. The number of benzene rings is 1. The standard InChI is InChI=1S/C17H12F3I2N5O/c1-9(15-24-8-25-27(15)14-3-2-12(21)7-23-14)26-16(28)10-4-11(17(18,19)20)6-13(22)5-10/h2-9H,1H3,(H,26,28)/t9-/m0/s1. The molecule has 0 spiro atoms. The van der Waals surface area contributed by atoms with Gasteiger partial charge in [-0.1, -0.05) is 0 Å². The molecular formula is C17H12F3I2N5O. The van der Waals surface area contributed by atoms with Crippen LogP contribution in [0.5, 0.6) is 0 Å². The van der Waals surface area contributed by atoms with E-state index in [0.29, 0.717) is 15.2 Å². The first-order valence-electron chi connectivity index (χ1n) is 7.85. The molecule has 3 aromatic rings. The van der Waals surface area contributed by atoms with E-state index in [-0.39, 0.29) is 5.56 Å². The molecule has 11 heteroatoms. The zero-order valence-electron chi connectivity index (χ0n) is 14.2. The van der Waals surface area contributed by atoms with Gasteiger partial charge in [0.1, 0.15) is 6.33 Å². The van der Waals surface area contributed by atoms with Crippen molar-refractivity contribution in [2.75, 3.05) is 0 Å². The Hall–Kier alpha value is -1.77. The Morgan fingerprint density at radius 2 is 1.89 bits per heavy atom. The Morgan fingerprint density at radius 1 is 1.14 bits per heavy atom. The summed E-state index contributed by atoms with van der Waals surface area (Å²) >= 11 is 3.87. The molecule has 1 amide bonds. The summed E-state index contributed by atoms with van der Waals surface area (Å²) in [4.78, 5) is 20.9. The van der Waals surface area contributed by atoms with E-state index in [9.17, 15) is 18.0 Å². The van der Waals surface area contributed by atoms with Crippen LogP contribution in [0.3, 0.4) is 0 Å². The van der Waals surface area contributed by atoms with Crippen molar-refractivity contribution in [1.82, 2.24) is 25.1 Å². The molecule has 0 aliphatic heterocycles. The molecule has 0 saturated carbocycles. The van der Waals surface area contributed by atoms with Gasteiger partial charge in [-0.2, -0.15) is 23.0 Å². The first-order valence-corrected chi connectivity index (χ1v) is 10.0. The molecule has 0 aliphatic carbocycles. The third kappa shape index (κ3) is 4.79. The predicted octanol–water partition coefficient (Wildman–Crippen LogP) is 4.38. The molecule has 0 radical (unpaired) electrons. The fourth-order valence-corrected chi connectivity index (χ4v) is 3.43. The molecule has 0 aliphatic rings. The van der Waals surface area contributed by atoms with Crippen LogP contribution >= 0.6 is 45.2 Å². The van der Waals surface area contributed by atoms with Crippen LogP contribution < -0.4 is 5.32 Å². The van der Waals surface area contributed by atoms with Gasteiger partial charge in [0.15, 0.2) is 11.6 Å². The number of nitrogens with one attached hydrogen (secondary N) is 1. The highest BCUT2D eigenvalue weighted by Gasteiger charge is 2.32. The smallest absolute Gasteiger partial charge is 0.342 e. The molecule has 3 rings (SSSR count). The first kappa shape index (κ1) is 21.0. The summed E-state index contributed by atoms with van der Waals surface area (Å²) in [5.41, 5.74) is -0.951. The first-order chi connectivity index (χ1) is 13.1. The van der Waals surface area contributed by atoms with Gasteiger partial charge in [-0.15, -0.1) is 0 Å². The number of amides is 1. The van der Waals surface area contributed by atoms with Gasteiger partial charge in [-0.25, -0.2) is 9.97 Å². The van der Waals surface area contributed by atoms with E-state index in [2.05, 4.69) is 43.0 Å². The van der Waals surface area contributed by atoms with E-state index in [1.165, 1.54) is 17.1 Å². The Labute approximate surface area is 185 Å². The quantitative estimate of drug-likeness (QED) is 0.444. The van der Waals surface area contributed by atoms with Crippen molar-refractivity contribution in [2.24, 2.45) is 0 Å². The summed E-state index contributed by atoms with van der Waals surface area (Å²) in [6.45, 7) is 1.67. The Bertz CT molecular complexity index is 1000. The lowest BCUT2D eigenvalue weighted by atomic mass is 10.1. The molecule has 0 bridgehead atoms. The van der Waals surface area contributed by atoms with Crippen molar-refractivity contribution in [3.05, 3.63) is 66.9 Å². The average Bonchev–Trinajstić information content (AvgIpc) is 3.11. The van der Waals surface area contributed by atoms with Crippen LogP contribution in [0.2, 0.25) is 0 Å². The Balaban J connectivity index is 1.84. The number of carbonyl (C=O) groups is 1. The molecule has 2 aromatic heterocycles. The maximum atomic E-state index is 13.0. The zero-order valence-corrected chi connectivity index (χ0v) is 18.5. The lowest BCUT2D eigenvalue weighted by Gasteiger charge is -2.15. The number of nitrogens with zero attached hydrogens (tertiary/aromatic N) is 4. The number of rotatable bonds is 4. The molecular weight excluding hydrogens is 601 g/mol. The average molecular weight is 613 g/mol. The van der Waals surface area contributed by atoms with E-state index in [4.69, 9.17) is 0 Å². The highest BCUT2D eigenvalue weighted by atomic mass is 127. The van der Waals surface area contributed by atoms with Gasteiger partial charge in [0.25, 0.3) is 5.91 Å². The minimum atomic E-state index is -4.53. The van der Waals surface area contributed by atoms with Crippen molar-refractivity contribution in [2.45, 2.75) is 19.1 Å². The molecule has 28 heavy (non-hydrogen) atoms. The van der Waals surface area contributed by atoms with Crippen LogP contribution in [0.15, 0.2) is 42.9 Å². The van der Waals surface area contributed by atoms with Gasteiger partial charge in [0.05, 0.1) is 11.6 Å². The van der Waals surface area contributed by atoms with Gasteiger partial charge in [0, 0.05) is 18.9 Å². The van der Waals surface area contributed by atoms with Crippen LogP contribution in [0.4, 0.5) is 13.2 Å². The molecule has 1 atom stereocenters. The van der Waals surface area contributed by atoms with Crippen LogP contribution in [0, 0.1) is 7.14 Å². The molecule has 0 fully saturated rings. The number of carbonyl (C=O) groups excluding carboxylic acids is 1. The molecule has 2 heterocycles. The summed E-state index contributed by atoms with van der Waals surface area (Å²) in [5.74, 6) is 0.285. The lowest BCUT2D eigenvalue weighted by Crippen LogP contribution is -2.29. The lowest BCUT2D eigenvalue weighted by molar-refractivity contribution is -0.137. The Kier molecular flexibility index (Phi) is 6.21. The molecule has 1 aromatic carbocycles. The maximum absolute atomic E-state index is 13.0. The number of halogens is 5. The van der Waals surface area contributed by atoms with Crippen molar-refractivity contribution in [1.29, 1.82) is 0 Å². The number of hydrogen-bond donors (Lipinski definition) is 1. The monoisotopic (exact) mass is 613 g/mol. The van der Waals surface area contributed by atoms with Gasteiger partial charge in [0.2, 0.25) is 0 Å². The van der Waals surface area contributed by atoms with Crippen LogP contribution in [-0.2, 0) is 6.18 Å². The second-order valence-corrected chi connectivity index (χ2v) is 8.28. The van der Waals surface area contributed by atoms with E-state index in [0.717, 1.165) is 15.7 Å². The minimum absolute atomic E-state index is 0.0791. The third-order valence-corrected chi connectivity index (χ3v) is 4.99. The van der Waals surface area contributed by atoms with Crippen molar-refractivity contribution >= 4 is 51.1 Å². The summed E-state index contributed by atoms with van der Waals surface area (Å²) in [6.07, 6.45) is -1.54. The fourth-order valence-electron chi connectivity index (χ4n) is 2.44. The molecule has 146 valence electrons. The van der Waals surface area contributed by atoms with E-state index >= 15 is 0 Å². The largest absolute Gasteiger partial charge is 0.416 e. The summed E-state index contributed by atoms with van der Waals surface area (Å²) in [7, 11) is 0. The summed E-state index contributed by atoms with van der Waals surface area (Å²) in [5, 5.41) is 6.78. The number of alkyl halides is 3. The van der Waals surface area contributed by atoms with Gasteiger partial charge >= 0.3 is 6.18 Å². The van der Waals surface area contributed by atoms with Crippen LogP contribution in [0.1, 0.15) is 34.7 Å². The van der Waals surface area contributed by atoms with E-state index < -0.39 is 23.7 Å². The highest BCUT2D eigenvalue weighted by molar-refractivity contribution is 14.1. The Morgan fingerprint density at radius 3 is 2.54 bits per heavy atom. The molecule has 0 saturated heterocycles. The van der Waals surface area contributed by atoms with Gasteiger partial charge < -0.3 is 5.32 Å². The molecule has 1 N–H and O–H groups in total. The van der Waals surface area contributed by atoms with E-state index in [1.807, 2.05) is 6.07 Å². The van der Waals surface area contributed by atoms with Gasteiger partial charge in [-0.05, 0) is 82.4 Å². The second kappa shape index (κ2) is 8.31. The fraction of sp³-hybridized carbons (Fsp3) is 0.176. The van der Waals surface area contributed by atoms with Crippen molar-refractivity contribution in [3.63, 3.8) is 0 Å². The van der Waals surface area contributed by atoms with Gasteiger partial charge in [-0.3, -0.25) is 4.79 Å². The normalized spacial score (nSPS) is 12.6. The van der Waals surface area contributed by atoms with Crippen LogP contribution in [-0.4, -0.2) is 25.7 Å². The maximum Gasteiger partial charge on any atom is 0.416 e. The van der Waals surface area contributed by atoms with Crippen LogP contribution in [0.25, 0.3) is 5.82 Å². The number of aromatic nitrogens is 4. The van der Waals surface area contributed by atoms with E-state index in [1.54, 1.807) is 41.8 Å².